The van der Waals surface area contributed by atoms with E-state index in [0.29, 0.717) is 23.6 Å². The van der Waals surface area contributed by atoms with Gasteiger partial charge in [0.1, 0.15) is 0 Å². The van der Waals surface area contributed by atoms with Crippen LogP contribution in [-0.2, 0) is 13.1 Å². The molecule has 3 nitrogen and oxygen atoms in total. The number of hydrogen-bond donors (Lipinski definition) is 1. The van der Waals surface area contributed by atoms with E-state index in [1.807, 2.05) is 6.07 Å². The Labute approximate surface area is 140 Å². The molecule has 0 aliphatic rings. The highest BCUT2D eigenvalue weighted by atomic mass is 79.9. The molecule has 0 bridgehead atoms. The third-order valence-corrected chi connectivity index (χ3v) is 3.78. The van der Waals surface area contributed by atoms with Crippen LogP contribution in [0.2, 0.25) is 0 Å². The van der Waals surface area contributed by atoms with Crippen molar-refractivity contribution in [3.05, 3.63) is 57.3 Å². The van der Waals surface area contributed by atoms with Gasteiger partial charge in [-0.1, -0.05) is 0 Å². The maximum atomic E-state index is 13.1. The van der Waals surface area contributed by atoms with Crippen LogP contribution in [0.4, 0.5) is 13.2 Å². The minimum Gasteiger partial charge on any atom is -0.493 e. The SMILES string of the molecule is COc1cc(CNCc2cc(F)c(F)c(F)c2)cc(Br)c1OC. The lowest BCUT2D eigenvalue weighted by molar-refractivity contribution is 0.352. The van der Waals surface area contributed by atoms with Crippen LogP contribution in [0.3, 0.4) is 0 Å². The van der Waals surface area contributed by atoms with E-state index in [2.05, 4.69) is 21.2 Å². The van der Waals surface area contributed by atoms with E-state index in [9.17, 15) is 13.2 Å². The molecule has 0 atom stereocenters. The molecule has 0 fully saturated rings. The second kappa shape index (κ2) is 7.70. The molecule has 0 spiro atoms. The molecule has 0 aromatic heterocycles. The number of benzene rings is 2. The number of halogens is 4. The molecule has 0 unspecified atom stereocenters. The van der Waals surface area contributed by atoms with Gasteiger partial charge in [0.25, 0.3) is 0 Å². The first-order valence-corrected chi connectivity index (χ1v) is 7.50. The predicted octanol–water partition coefficient (Wildman–Crippen LogP) is 4.17. The van der Waals surface area contributed by atoms with Crippen molar-refractivity contribution in [3.8, 4) is 11.5 Å². The first-order chi connectivity index (χ1) is 11.0. The van der Waals surface area contributed by atoms with Crippen LogP contribution < -0.4 is 14.8 Å². The van der Waals surface area contributed by atoms with Gasteiger partial charge in [-0.3, -0.25) is 0 Å². The summed E-state index contributed by atoms with van der Waals surface area (Å²) >= 11 is 3.39. The standard InChI is InChI=1S/C16H15BrF3NO2/c1-22-14-6-9(3-11(17)16(14)23-2)7-21-8-10-4-12(18)15(20)13(19)5-10/h3-6,21H,7-8H2,1-2H3. The molecule has 0 amide bonds. The van der Waals surface area contributed by atoms with Gasteiger partial charge in [-0.25, -0.2) is 13.2 Å². The van der Waals surface area contributed by atoms with Crippen molar-refractivity contribution >= 4 is 15.9 Å². The van der Waals surface area contributed by atoms with Crippen LogP contribution in [0.5, 0.6) is 11.5 Å². The Bertz CT molecular complexity index is 687. The molecule has 0 saturated heterocycles. The lowest BCUT2D eigenvalue weighted by Gasteiger charge is -2.12. The molecule has 124 valence electrons. The van der Waals surface area contributed by atoms with E-state index in [-0.39, 0.29) is 6.54 Å². The topological polar surface area (TPSA) is 30.5 Å². The van der Waals surface area contributed by atoms with E-state index < -0.39 is 17.5 Å². The number of hydrogen-bond acceptors (Lipinski definition) is 3. The Morgan fingerprint density at radius 2 is 1.48 bits per heavy atom. The van der Waals surface area contributed by atoms with Crippen molar-refractivity contribution in [1.82, 2.24) is 5.32 Å². The highest BCUT2D eigenvalue weighted by Crippen LogP contribution is 2.36. The highest BCUT2D eigenvalue weighted by Gasteiger charge is 2.12. The number of methoxy groups -OCH3 is 2. The number of nitrogens with one attached hydrogen (secondary N) is 1. The third kappa shape index (κ3) is 4.17. The van der Waals surface area contributed by atoms with Gasteiger partial charge in [-0.15, -0.1) is 0 Å². The maximum absolute atomic E-state index is 13.1. The highest BCUT2D eigenvalue weighted by molar-refractivity contribution is 9.10. The molecular formula is C16H15BrF3NO2. The van der Waals surface area contributed by atoms with Gasteiger partial charge in [0.05, 0.1) is 18.7 Å². The molecule has 0 aliphatic carbocycles. The first kappa shape index (κ1) is 17.6. The minimum atomic E-state index is -1.46. The van der Waals surface area contributed by atoms with Gasteiger partial charge >= 0.3 is 0 Å². The summed E-state index contributed by atoms with van der Waals surface area (Å²) in [6, 6.07) is 5.58. The summed E-state index contributed by atoms with van der Waals surface area (Å²) in [4.78, 5) is 0. The van der Waals surface area contributed by atoms with Crippen LogP contribution >= 0.6 is 15.9 Å². The quantitative estimate of drug-likeness (QED) is 0.752. The number of rotatable bonds is 6. The average Bonchev–Trinajstić information content (AvgIpc) is 2.51. The molecule has 0 aliphatic heterocycles. The second-order valence-electron chi connectivity index (χ2n) is 4.79. The maximum Gasteiger partial charge on any atom is 0.194 e. The fourth-order valence-corrected chi connectivity index (χ4v) is 2.79. The van der Waals surface area contributed by atoms with Crippen molar-refractivity contribution in [3.63, 3.8) is 0 Å². The first-order valence-electron chi connectivity index (χ1n) is 6.70. The van der Waals surface area contributed by atoms with E-state index in [4.69, 9.17) is 9.47 Å². The molecule has 2 aromatic carbocycles. The molecule has 1 N–H and O–H groups in total. The summed E-state index contributed by atoms with van der Waals surface area (Å²) in [5.41, 5.74) is 1.21. The lowest BCUT2D eigenvalue weighted by Crippen LogP contribution is -2.13. The van der Waals surface area contributed by atoms with Gasteiger partial charge in [0, 0.05) is 13.1 Å². The molecule has 2 rings (SSSR count). The van der Waals surface area contributed by atoms with Crippen molar-refractivity contribution in [2.75, 3.05) is 14.2 Å². The van der Waals surface area contributed by atoms with Gasteiger partial charge in [-0.05, 0) is 51.3 Å². The lowest BCUT2D eigenvalue weighted by atomic mass is 10.1. The molecule has 2 aromatic rings. The zero-order valence-electron chi connectivity index (χ0n) is 12.6. The fraction of sp³-hybridized carbons (Fsp3) is 0.250. The second-order valence-corrected chi connectivity index (χ2v) is 5.64. The van der Waals surface area contributed by atoms with E-state index >= 15 is 0 Å². The van der Waals surface area contributed by atoms with Crippen LogP contribution in [-0.4, -0.2) is 14.2 Å². The average molecular weight is 390 g/mol. The summed E-state index contributed by atoms with van der Waals surface area (Å²) in [6.45, 7) is 0.625. The summed E-state index contributed by atoms with van der Waals surface area (Å²) in [6.07, 6.45) is 0. The Balaban J connectivity index is 2.06. The minimum absolute atomic E-state index is 0.195. The summed E-state index contributed by atoms with van der Waals surface area (Å²) < 4.78 is 50.4. The van der Waals surface area contributed by atoms with Gasteiger partial charge in [-0.2, -0.15) is 0 Å². The van der Waals surface area contributed by atoms with Crippen LogP contribution in [0.15, 0.2) is 28.7 Å². The van der Waals surface area contributed by atoms with Crippen molar-refractivity contribution in [2.24, 2.45) is 0 Å². The molecular weight excluding hydrogens is 375 g/mol. The fourth-order valence-electron chi connectivity index (χ4n) is 2.13. The van der Waals surface area contributed by atoms with E-state index in [0.717, 1.165) is 22.2 Å². The van der Waals surface area contributed by atoms with E-state index in [1.165, 1.54) is 14.2 Å². The van der Waals surface area contributed by atoms with E-state index in [1.54, 1.807) is 6.07 Å². The molecule has 0 saturated carbocycles. The zero-order valence-corrected chi connectivity index (χ0v) is 14.1. The van der Waals surface area contributed by atoms with Crippen LogP contribution in [0.25, 0.3) is 0 Å². The Morgan fingerprint density at radius 1 is 0.913 bits per heavy atom. The zero-order chi connectivity index (χ0) is 17.0. The van der Waals surface area contributed by atoms with Crippen molar-refractivity contribution in [2.45, 2.75) is 13.1 Å². The van der Waals surface area contributed by atoms with Gasteiger partial charge in [0.15, 0.2) is 29.0 Å². The third-order valence-electron chi connectivity index (χ3n) is 3.20. The summed E-state index contributed by atoms with van der Waals surface area (Å²) in [5, 5.41) is 3.03. The Morgan fingerprint density at radius 3 is 2.00 bits per heavy atom. The smallest absolute Gasteiger partial charge is 0.194 e. The molecule has 7 heteroatoms. The monoisotopic (exact) mass is 389 g/mol. The van der Waals surface area contributed by atoms with Crippen molar-refractivity contribution in [1.29, 1.82) is 0 Å². The van der Waals surface area contributed by atoms with Crippen LogP contribution in [0.1, 0.15) is 11.1 Å². The normalized spacial score (nSPS) is 10.7. The molecule has 23 heavy (non-hydrogen) atoms. The van der Waals surface area contributed by atoms with Crippen molar-refractivity contribution < 1.29 is 22.6 Å². The van der Waals surface area contributed by atoms with Gasteiger partial charge in [0.2, 0.25) is 0 Å². The summed E-state index contributed by atoms with van der Waals surface area (Å²) in [5.74, 6) is -2.71. The summed E-state index contributed by atoms with van der Waals surface area (Å²) in [7, 11) is 3.07. The molecule has 0 heterocycles. The Kier molecular flexibility index (Phi) is 5.90. The van der Waals surface area contributed by atoms with Gasteiger partial charge < -0.3 is 14.8 Å². The van der Waals surface area contributed by atoms with Crippen LogP contribution in [0, 0.1) is 17.5 Å². The number of ether oxygens (including phenoxy) is 2. The predicted molar refractivity (Wildman–Crippen MR) is 84.1 cm³/mol. The molecule has 0 radical (unpaired) electrons. The largest absolute Gasteiger partial charge is 0.493 e. The Hall–Kier alpha value is -1.73.